The summed E-state index contributed by atoms with van der Waals surface area (Å²) in [7, 11) is 0. The molecule has 0 spiro atoms. The molecule has 4 aliphatic rings. The molecular weight excluding hydrogens is 432 g/mol. The monoisotopic (exact) mass is 499 g/mol. The second kappa shape index (κ2) is 11.6. The van der Waals surface area contributed by atoms with E-state index in [0.717, 1.165) is 65.1 Å². The molecule has 0 nitrogen and oxygen atoms in total. The highest BCUT2D eigenvalue weighted by atomic mass is 14.7. The molecule has 0 N–H and O–H groups in total. The molecule has 11 unspecified atom stereocenters. The van der Waals surface area contributed by atoms with Crippen molar-refractivity contribution < 1.29 is 0 Å². The quantitative estimate of drug-likeness (QED) is 0.281. The summed E-state index contributed by atoms with van der Waals surface area (Å²) in [6.45, 7) is 23.0. The Morgan fingerprint density at radius 2 is 1.47 bits per heavy atom. The molecule has 0 aromatic heterocycles. The largest absolute Gasteiger partial charge is 0.0654 e. The highest BCUT2D eigenvalue weighted by molar-refractivity contribution is 5.11. The summed E-state index contributed by atoms with van der Waals surface area (Å²) in [6.07, 6.45) is 21.1. The average molecular weight is 499 g/mol. The SMILES string of the molecule is CCCC1CCC2(C)C(C1)CC(CC)C1C2CCC2(C)C(C(C)CCC(CC(C)C)C(C)C)CCC12. The van der Waals surface area contributed by atoms with Crippen LogP contribution in [0.15, 0.2) is 0 Å². The Morgan fingerprint density at radius 1 is 0.778 bits per heavy atom. The molecule has 4 aliphatic carbocycles. The number of fused-ring (bicyclic) bond motifs is 5. The van der Waals surface area contributed by atoms with Gasteiger partial charge in [0.2, 0.25) is 0 Å². The van der Waals surface area contributed by atoms with Gasteiger partial charge in [-0.05, 0) is 140 Å². The van der Waals surface area contributed by atoms with Crippen molar-refractivity contribution in [2.75, 3.05) is 0 Å². The lowest BCUT2D eigenvalue weighted by Gasteiger charge is -2.64. The molecule has 0 aromatic carbocycles. The van der Waals surface area contributed by atoms with Crippen LogP contribution < -0.4 is 0 Å². The van der Waals surface area contributed by atoms with Crippen LogP contribution in [0.1, 0.15) is 152 Å². The van der Waals surface area contributed by atoms with Gasteiger partial charge in [-0.25, -0.2) is 0 Å². The Labute approximate surface area is 227 Å². The van der Waals surface area contributed by atoms with E-state index in [1.807, 2.05) is 0 Å². The van der Waals surface area contributed by atoms with Gasteiger partial charge in [0, 0.05) is 0 Å². The standard InChI is InChI=1S/C36H66/c1-10-12-27-17-19-35(8)30(22-27)23-28(11-2)34-32-16-15-31(36(32,9)20-18-33(34)35)26(7)13-14-29(25(5)6)21-24(3)4/h24-34H,10-23H2,1-9H3. The molecular formula is C36H66. The number of hydrogen-bond donors (Lipinski definition) is 0. The van der Waals surface area contributed by atoms with Gasteiger partial charge in [-0.3, -0.25) is 0 Å². The minimum absolute atomic E-state index is 0.627. The molecule has 4 saturated carbocycles. The predicted octanol–water partition coefficient (Wildman–Crippen LogP) is 11.4. The van der Waals surface area contributed by atoms with Crippen LogP contribution in [0.3, 0.4) is 0 Å². The molecule has 0 bridgehead atoms. The van der Waals surface area contributed by atoms with Gasteiger partial charge in [-0.2, -0.15) is 0 Å². The second-order valence-corrected chi connectivity index (χ2v) is 16.2. The fourth-order valence-corrected chi connectivity index (χ4v) is 11.6. The van der Waals surface area contributed by atoms with Crippen molar-refractivity contribution in [1.29, 1.82) is 0 Å². The Bertz CT molecular complexity index is 690. The van der Waals surface area contributed by atoms with Gasteiger partial charge in [-0.15, -0.1) is 0 Å². The van der Waals surface area contributed by atoms with E-state index in [0.29, 0.717) is 10.8 Å². The topological polar surface area (TPSA) is 0 Å². The summed E-state index contributed by atoms with van der Waals surface area (Å²) in [4.78, 5) is 0. The predicted molar refractivity (Wildman–Crippen MR) is 159 cm³/mol. The van der Waals surface area contributed by atoms with E-state index in [4.69, 9.17) is 0 Å². The molecule has 11 atom stereocenters. The molecule has 210 valence electrons. The third-order valence-electron chi connectivity index (χ3n) is 13.6. The maximum absolute atomic E-state index is 2.80. The van der Waals surface area contributed by atoms with E-state index in [1.54, 1.807) is 38.5 Å². The summed E-state index contributed by atoms with van der Waals surface area (Å²) in [6, 6.07) is 0. The van der Waals surface area contributed by atoms with Crippen LogP contribution in [0.2, 0.25) is 0 Å². The zero-order valence-electron chi connectivity index (χ0n) is 26.3. The van der Waals surface area contributed by atoms with Gasteiger partial charge >= 0.3 is 0 Å². The highest BCUT2D eigenvalue weighted by Gasteiger charge is 2.62. The molecule has 0 radical (unpaired) electrons. The van der Waals surface area contributed by atoms with Crippen LogP contribution in [0.4, 0.5) is 0 Å². The summed E-state index contributed by atoms with van der Waals surface area (Å²) >= 11 is 0. The molecule has 0 aliphatic heterocycles. The Balaban J connectivity index is 1.48. The number of hydrogen-bond acceptors (Lipinski definition) is 0. The Kier molecular flexibility index (Phi) is 9.36. The van der Waals surface area contributed by atoms with Gasteiger partial charge in [0.25, 0.3) is 0 Å². The summed E-state index contributed by atoms with van der Waals surface area (Å²) in [5.74, 6) is 10.7. The Morgan fingerprint density at radius 3 is 2.11 bits per heavy atom. The third kappa shape index (κ3) is 5.37. The minimum atomic E-state index is 0.627. The Hall–Kier alpha value is 0. The lowest BCUT2D eigenvalue weighted by molar-refractivity contribution is -0.148. The fourth-order valence-electron chi connectivity index (χ4n) is 11.6. The van der Waals surface area contributed by atoms with Crippen molar-refractivity contribution in [2.45, 2.75) is 152 Å². The van der Waals surface area contributed by atoms with Gasteiger partial charge in [-0.1, -0.05) is 88.0 Å². The summed E-state index contributed by atoms with van der Waals surface area (Å²) in [5.41, 5.74) is 1.29. The van der Waals surface area contributed by atoms with E-state index >= 15 is 0 Å². The first-order valence-corrected chi connectivity index (χ1v) is 17.0. The van der Waals surface area contributed by atoms with Crippen molar-refractivity contribution in [3.05, 3.63) is 0 Å². The molecule has 0 heterocycles. The molecule has 4 rings (SSSR count). The lowest BCUT2D eigenvalue weighted by Crippen LogP contribution is -2.56. The van der Waals surface area contributed by atoms with Crippen LogP contribution in [0, 0.1) is 75.9 Å². The van der Waals surface area contributed by atoms with Gasteiger partial charge in [0.1, 0.15) is 0 Å². The molecule has 4 fully saturated rings. The van der Waals surface area contributed by atoms with Crippen molar-refractivity contribution >= 4 is 0 Å². The first-order valence-electron chi connectivity index (χ1n) is 17.0. The zero-order chi connectivity index (χ0) is 26.3. The van der Waals surface area contributed by atoms with E-state index in [1.165, 1.54) is 51.4 Å². The van der Waals surface area contributed by atoms with Crippen LogP contribution in [0.25, 0.3) is 0 Å². The molecule has 36 heavy (non-hydrogen) atoms. The maximum Gasteiger partial charge on any atom is -0.0264 e. The van der Waals surface area contributed by atoms with Crippen LogP contribution >= 0.6 is 0 Å². The van der Waals surface area contributed by atoms with Gasteiger partial charge in [0.15, 0.2) is 0 Å². The number of rotatable bonds is 10. The van der Waals surface area contributed by atoms with Crippen LogP contribution in [-0.2, 0) is 0 Å². The zero-order valence-corrected chi connectivity index (χ0v) is 26.3. The van der Waals surface area contributed by atoms with E-state index in [-0.39, 0.29) is 0 Å². The average Bonchev–Trinajstić information content (AvgIpc) is 3.18. The van der Waals surface area contributed by atoms with E-state index < -0.39 is 0 Å². The molecule has 0 saturated heterocycles. The summed E-state index contributed by atoms with van der Waals surface area (Å²) < 4.78 is 0. The van der Waals surface area contributed by atoms with Crippen molar-refractivity contribution in [2.24, 2.45) is 75.9 Å². The van der Waals surface area contributed by atoms with Crippen LogP contribution in [-0.4, -0.2) is 0 Å². The third-order valence-corrected chi connectivity index (χ3v) is 13.6. The first-order chi connectivity index (χ1) is 17.0. The van der Waals surface area contributed by atoms with Crippen molar-refractivity contribution in [3.8, 4) is 0 Å². The van der Waals surface area contributed by atoms with E-state index in [2.05, 4.69) is 62.3 Å². The lowest BCUT2D eigenvalue weighted by atomic mass is 9.41. The van der Waals surface area contributed by atoms with Gasteiger partial charge in [0.05, 0.1) is 0 Å². The smallest absolute Gasteiger partial charge is 0.0264 e. The highest BCUT2D eigenvalue weighted by Crippen LogP contribution is 2.70. The van der Waals surface area contributed by atoms with Gasteiger partial charge < -0.3 is 0 Å². The molecule has 0 amide bonds. The second-order valence-electron chi connectivity index (χ2n) is 16.2. The van der Waals surface area contributed by atoms with Crippen molar-refractivity contribution in [3.63, 3.8) is 0 Å². The first kappa shape index (κ1) is 29.0. The maximum atomic E-state index is 2.80. The normalized spacial score (nSPS) is 44.2. The van der Waals surface area contributed by atoms with Crippen molar-refractivity contribution in [1.82, 2.24) is 0 Å². The summed E-state index contributed by atoms with van der Waals surface area (Å²) in [5, 5.41) is 0. The van der Waals surface area contributed by atoms with Crippen LogP contribution in [0.5, 0.6) is 0 Å². The fraction of sp³-hybridized carbons (Fsp3) is 1.00. The van der Waals surface area contributed by atoms with E-state index in [9.17, 15) is 0 Å². The minimum Gasteiger partial charge on any atom is -0.0654 e. The molecule has 0 heteroatoms. The molecule has 0 aromatic rings.